The van der Waals surface area contributed by atoms with Crippen molar-refractivity contribution in [2.45, 2.75) is 206 Å². The number of carbonyl (C=O) groups is 1. The molecular weight excluding hydrogens is 518 g/mol. The van der Waals surface area contributed by atoms with E-state index in [-0.39, 0.29) is 18.9 Å². The minimum Gasteiger partial charge on any atom is -0.394 e. The molecule has 0 heterocycles. The highest BCUT2D eigenvalue weighted by atomic mass is 16.3. The minimum absolute atomic E-state index is 0.102. The number of carbonyl (C=O) groups excluding carboxylic acids is 1. The summed E-state index contributed by atoms with van der Waals surface area (Å²) >= 11 is 0. The van der Waals surface area contributed by atoms with Gasteiger partial charge in [0.15, 0.2) is 0 Å². The Hall–Kier alpha value is -1.13. The molecule has 248 valence electrons. The maximum atomic E-state index is 12.3. The first kappa shape index (κ1) is 29.6. The van der Waals surface area contributed by atoms with Crippen LogP contribution in [0.4, 0.5) is 0 Å². The van der Waals surface area contributed by atoms with Crippen LogP contribution in [0.25, 0.3) is 0 Å². The van der Waals surface area contributed by atoms with Crippen LogP contribution in [0.15, 0.2) is 24.3 Å². The van der Waals surface area contributed by atoms with Crippen LogP contribution in [0.2, 0.25) is 0 Å². The highest BCUT2D eigenvalue weighted by Gasteiger charge is 2.17. The summed E-state index contributed by atoms with van der Waals surface area (Å²) in [7, 11) is 0. The van der Waals surface area contributed by atoms with Crippen molar-refractivity contribution in [3.05, 3.63) is 24.3 Å². The average Bonchev–Trinajstić information content (AvgIpc) is 3.04. The van der Waals surface area contributed by atoms with E-state index in [2.05, 4.69) is 24.4 Å². The van der Waals surface area contributed by atoms with Crippen LogP contribution < -0.4 is 5.32 Å². The number of nitrogens with one attached hydrogen (secondary N) is 1. The van der Waals surface area contributed by atoms with Gasteiger partial charge in [-0.15, -0.1) is 0 Å². The van der Waals surface area contributed by atoms with Gasteiger partial charge in [-0.25, -0.2) is 0 Å². The second kappa shape index (κ2) is 34.4. The molecule has 1 amide bonds. The summed E-state index contributed by atoms with van der Waals surface area (Å²) in [5, 5.41) is 22.9. The topological polar surface area (TPSA) is 69.6 Å². The fourth-order valence-electron chi connectivity index (χ4n) is 5.20. The van der Waals surface area contributed by atoms with Crippen LogP contribution >= 0.6 is 0 Å². The lowest BCUT2D eigenvalue weighted by molar-refractivity contribution is -0.123. The van der Waals surface area contributed by atoms with Crippen molar-refractivity contribution in [2.75, 3.05) is 6.61 Å². The highest BCUT2D eigenvalue weighted by molar-refractivity contribution is 5.76. The van der Waals surface area contributed by atoms with Gasteiger partial charge in [-0.05, 0) is 44.9 Å². The number of hydrogen-bond donors (Lipinski definition) is 3. The quantitative estimate of drug-likeness (QED) is 0.0520. The van der Waals surface area contributed by atoms with E-state index in [0.717, 1.165) is 70.6 Å². The van der Waals surface area contributed by atoms with Gasteiger partial charge >= 0.3 is 0 Å². The van der Waals surface area contributed by atoms with Crippen LogP contribution in [-0.4, -0.2) is 34.9 Å². The minimum atomic E-state index is -2.98. The zero-order valence-electron chi connectivity index (χ0n) is 34.4. The Morgan fingerprint density at radius 3 is 1.64 bits per heavy atom. The van der Waals surface area contributed by atoms with Crippen LogP contribution in [0.3, 0.4) is 0 Å². The van der Waals surface area contributed by atoms with E-state index in [1.54, 1.807) is 6.08 Å². The number of aliphatic hydroxyl groups excluding tert-OH is 2. The van der Waals surface area contributed by atoms with Gasteiger partial charge < -0.3 is 15.5 Å². The van der Waals surface area contributed by atoms with E-state index < -0.39 is 31.7 Å². The predicted octanol–water partition coefficient (Wildman–Crippen LogP) is 10.9. The molecule has 0 aliphatic heterocycles. The van der Waals surface area contributed by atoms with Gasteiger partial charge in [0.25, 0.3) is 0 Å². The molecule has 4 heteroatoms. The molecule has 0 rings (SSSR count). The van der Waals surface area contributed by atoms with Crippen molar-refractivity contribution >= 4 is 5.91 Å². The Balaban J connectivity index is 3.78. The van der Waals surface area contributed by atoms with E-state index in [9.17, 15) is 15.0 Å². The first-order valence-electron chi connectivity index (χ1n) is 21.2. The summed E-state index contributed by atoms with van der Waals surface area (Å²) in [5.74, 6) is -0.130. The van der Waals surface area contributed by atoms with Crippen LogP contribution in [-0.2, 0) is 4.79 Å². The molecule has 0 fully saturated rings. The smallest absolute Gasteiger partial charge is 0.220 e. The predicted molar refractivity (Wildman–Crippen MR) is 184 cm³/mol. The van der Waals surface area contributed by atoms with E-state index in [1.807, 2.05) is 6.08 Å². The molecule has 2 atom stereocenters. The summed E-state index contributed by atoms with van der Waals surface area (Å²) < 4.78 is 52.9. The zero-order valence-corrected chi connectivity index (χ0v) is 27.4. The Morgan fingerprint density at radius 1 is 0.690 bits per heavy atom. The Labute approximate surface area is 272 Å². The number of rotatable bonds is 33. The molecule has 0 spiro atoms. The normalized spacial score (nSPS) is 16.8. The van der Waals surface area contributed by atoms with Gasteiger partial charge in [-0.1, -0.05) is 166 Å². The lowest BCUT2D eigenvalue weighted by Crippen LogP contribution is -2.45. The largest absolute Gasteiger partial charge is 0.394 e. The standard InChI is InChI=1S/C38H73NO3/c1-3-5-7-9-11-13-15-17-18-19-20-22-24-26-28-30-32-34-38(42)39-36(35-40)37(41)33-31-29-27-25-23-21-16-14-12-10-8-6-4-2/h17-18,31,33,36-37,40-41H,3-16,19-30,32,34-35H2,1-2H3,(H,39,42)/b18-17+,33-31+/t36-,37+/m0/s1/i2D3,4D2,6D2. The summed E-state index contributed by atoms with van der Waals surface area (Å²) in [4.78, 5) is 12.3. The molecule has 0 aromatic carbocycles. The molecular formula is C38H73NO3. The van der Waals surface area contributed by atoms with Crippen LogP contribution in [0.5, 0.6) is 0 Å². The van der Waals surface area contributed by atoms with E-state index in [4.69, 9.17) is 9.60 Å². The van der Waals surface area contributed by atoms with Crippen molar-refractivity contribution in [2.24, 2.45) is 0 Å². The third-order valence-corrected chi connectivity index (χ3v) is 7.97. The maximum Gasteiger partial charge on any atom is 0.220 e. The Bertz CT molecular complexity index is 850. The van der Waals surface area contributed by atoms with Gasteiger partial charge in [-0.2, -0.15) is 0 Å². The van der Waals surface area contributed by atoms with Crippen molar-refractivity contribution in [3.8, 4) is 0 Å². The Kier molecular flexibility index (Phi) is 24.2. The highest BCUT2D eigenvalue weighted by Crippen LogP contribution is 2.13. The Morgan fingerprint density at radius 2 is 1.14 bits per heavy atom. The molecule has 0 aliphatic rings. The average molecular weight is 599 g/mol. The fraction of sp³-hybridized carbons (Fsp3) is 0.868. The molecule has 0 saturated carbocycles. The van der Waals surface area contributed by atoms with Gasteiger partial charge in [0, 0.05) is 16.0 Å². The van der Waals surface area contributed by atoms with Gasteiger partial charge in [0.2, 0.25) is 5.91 Å². The molecule has 0 radical (unpaired) electrons. The number of unbranched alkanes of at least 4 members (excludes halogenated alkanes) is 21. The molecule has 4 nitrogen and oxygen atoms in total. The monoisotopic (exact) mass is 599 g/mol. The van der Waals surface area contributed by atoms with E-state index >= 15 is 0 Å². The number of allylic oxidation sites excluding steroid dienone is 3. The third-order valence-electron chi connectivity index (χ3n) is 7.97. The number of amides is 1. The number of aliphatic hydroxyl groups is 2. The lowest BCUT2D eigenvalue weighted by Gasteiger charge is -2.20. The summed E-state index contributed by atoms with van der Waals surface area (Å²) in [5.41, 5.74) is 0. The van der Waals surface area contributed by atoms with E-state index in [1.165, 1.54) is 77.0 Å². The molecule has 0 aromatic rings. The number of hydrogen-bond acceptors (Lipinski definition) is 3. The van der Waals surface area contributed by atoms with Gasteiger partial charge in [-0.3, -0.25) is 4.79 Å². The first-order chi connectivity index (χ1) is 23.3. The van der Waals surface area contributed by atoms with Gasteiger partial charge in [0.05, 0.1) is 18.8 Å². The maximum absolute atomic E-state index is 12.3. The van der Waals surface area contributed by atoms with Crippen molar-refractivity contribution in [3.63, 3.8) is 0 Å². The molecule has 0 bridgehead atoms. The van der Waals surface area contributed by atoms with Crippen molar-refractivity contribution < 1.29 is 24.6 Å². The van der Waals surface area contributed by atoms with Gasteiger partial charge in [0.1, 0.15) is 0 Å². The second-order valence-electron chi connectivity index (χ2n) is 12.0. The van der Waals surface area contributed by atoms with Crippen molar-refractivity contribution in [1.29, 1.82) is 0 Å². The fourth-order valence-corrected chi connectivity index (χ4v) is 5.20. The van der Waals surface area contributed by atoms with Crippen LogP contribution in [0, 0.1) is 0 Å². The molecule has 0 saturated heterocycles. The summed E-state index contributed by atoms with van der Waals surface area (Å²) in [6, 6.07) is -0.703. The molecule has 0 aromatic heterocycles. The second-order valence-corrected chi connectivity index (χ2v) is 12.0. The first-order valence-corrected chi connectivity index (χ1v) is 17.7. The molecule has 3 N–H and O–H groups in total. The van der Waals surface area contributed by atoms with E-state index in [0.29, 0.717) is 12.8 Å². The lowest BCUT2D eigenvalue weighted by atomic mass is 10.0. The molecule has 0 unspecified atom stereocenters. The molecule has 0 aliphatic carbocycles. The van der Waals surface area contributed by atoms with Crippen LogP contribution in [0.1, 0.15) is 203 Å². The zero-order chi connectivity index (χ0) is 36.9. The summed E-state index contributed by atoms with van der Waals surface area (Å²) in [6.45, 7) is -1.04. The third kappa shape index (κ3) is 30.3. The van der Waals surface area contributed by atoms with Crippen molar-refractivity contribution in [1.82, 2.24) is 5.32 Å². The molecule has 42 heavy (non-hydrogen) atoms. The summed E-state index contributed by atoms with van der Waals surface area (Å²) in [6.07, 6.45) is 28.9. The SMILES string of the molecule is [2H]C([2H])([2H])C([2H])([2H])C([2H])([2H])CCCCCCCCCC/C=C/[C@@H](O)[C@H](CO)NC(=O)CCCCCCCCC/C=C/CCCCCCCC.